The maximum Gasteiger partial charge on any atom is 0.144 e. The molecule has 1 saturated heterocycles. The number of hydrogen-bond acceptors (Lipinski definition) is 3. The van der Waals surface area contributed by atoms with Crippen molar-refractivity contribution in [3.8, 4) is 11.1 Å². The molecule has 0 amide bonds. The number of rotatable bonds is 2. The van der Waals surface area contributed by atoms with Gasteiger partial charge in [0.2, 0.25) is 0 Å². The lowest BCUT2D eigenvalue weighted by molar-refractivity contribution is 0.777. The van der Waals surface area contributed by atoms with E-state index in [1.807, 2.05) is 30.0 Å². The molecule has 0 saturated carbocycles. The van der Waals surface area contributed by atoms with Crippen LogP contribution in [0.15, 0.2) is 24.3 Å². The van der Waals surface area contributed by atoms with E-state index in [-0.39, 0.29) is 0 Å². The van der Waals surface area contributed by atoms with Crippen LogP contribution in [0.3, 0.4) is 0 Å². The number of nitrogens with zero attached hydrogens (tertiary/aromatic N) is 2. The predicted octanol–water partition coefficient (Wildman–Crippen LogP) is 5.67. The Morgan fingerprint density at radius 2 is 1.75 bits per heavy atom. The zero-order valence-corrected chi connectivity index (χ0v) is 13.5. The maximum absolute atomic E-state index is 6.32. The van der Waals surface area contributed by atoms with E-state index < -0.39 is 0 Å². The molecule has 2 nitrogen and oxygen atoms in total. The Kier molecular flexibility index (Phi) is 4.41. The van der Waals surface area contributed by atoms with Gasteiger partial charge in [-0.1, -0.05) is 53.0 Å². The van der Waals surface area contributed by atoms with Crippen molar-refractivity contribution in [2.75, 3.05) is 5.75 Å². The van der Waals surface area contributed by atoms with Crippen molar-refractivity contribution >= 4 is 46.6 Å². The number of halogens is 3. The number of aromatic nitrogens is 2. The molecule has 1 fully saturated rings. The Bertz CT molecular complexity index is 619. The summed E-state index contributed by atoms with van der Waals surface area (Å²) in [7, 11) is 0. The molecule has 1 aliphatic heterocycles. The molecule has 1 aliphatic rings. The Balaban J connectivity index is 2.07. The minimum Gasteiger partial charge on any atom is -0.219 e. The van der Waals surface area contributed by atoms with Crippen LogP contribution in [0.1, 0.15) is 23.9 Å². The SMILES string of the molecule is Clc1ccccc1-c1c(Cl)nc(C2CCCS2)nc1Cl. The van der Waals surface area contributed by atoms with Crippen molar-refractivity contribution in [1.82, 2.24) is 9.97 Å². The second-order valence-electron chi connectivity index (χ2n) is 4.52. The summed E-state index contributed by atoms with van der Waals surface area (Å²) in [6.07, 6.45) is 2.25. The van der Waals surface area contributed by atoms with Gasteiger partial charge in [-0.25, -0.2) is 9.97 Å². The van der Waals surface area contributed by atoms with E-state index >= 15 is 0 Å². The lowest BCUT2D eigenvalue weighted by atomic mass is 10.1. The second-order valence-corrected chi connectivity index (χ2v) is 6.95. The molecule has 0 spiro atoms. The van der Waals surface area contributed by atoms with Gasteiger partial charge in [-0.2, -0.15) is 11.8 Å². The molecular weight excluding hydrogens is 335 g/mol. The summed E-state index contributed by atoms with van der Waals surface area (Å²) in [5.74, 6) is 1.86. The third-order valence-corrected chi connectivity index (χ3v) is 5.45. The highest BCUT2D eigenvalue weighted by molar-refractivity contribution is 7.99. The smallest absolute Gasteiger partial charge is 0.144 e. The topological polar surface area (TPSA) is 25.8 Å². The summed E-state index contributed by atoms with van der Waals surface area (Å²) in [5, 5.41) is 1.61. The van der Waals surface area contributed by atoms with Crippen molar-refractivity contribution in [2.24, 2.45) is 0 Å². The molecule has 0 bridgehead atoms. The highest BCUT2D eigenvalue weighted by Crippen LogP contribution is 2.42. The van der Waals surface area contributed by atoms with Gasteiger partial charge in [-0.15, -0.1) is 0 Å². The normalized spacial score (nSPS) is 18.4. The van der Waals surface area contributed by atoms with Gasteiger partial charge >= 0.3 is 0 Å². The molecule has 0 aliphatic carbocycles. The van der Waals surface area contributed by atoms with Crippen LogP contribution in [-0.4, -0.2) is 15.7 Å². The fourth-order valence-corrected chi connectivity index (χ4v) is 4.27. The molecule has 2 heterocycles. The van der Waals surface area contributed by atoms with Gasteiger partial charge in [0, 0.05) is 10.6 Å². The van der Waals surface area contributed by atoms with Crippen LogP contribution in [0.5, 0.6) is 0 Å². The minimum absolute atomic E-state index is 0.297. The predicted molar refractivity (Wildman–Crippen MR) is 86.9 cm³/mol. The molecule has 1 aromatic heterocycles. The van der Waals surface area contributed by atoms with Gasteiger partial charge in [-0.05, 0) is 24.7 Å². The Labute approximate surface area is 136 Å². The molecule has 1 atom stereocenters. The zero-order valence-electron chi connectivity index (χ0n) is 10.4. The van der Waals surface area contributed by atoms with E-state index in [4.69, 9.17) is 34.8 Å². The van der Waals surface area contributed by atoms with Crippen molar-refractivity contribution in [2.45, 2.75) is 18.1 Å². The summed E-state index contributed by atoms with van der Waals surface area (Å²) in [5.41, 5.74) is 1.36. The third-order valence-electron chi connectivity index (χ3n) is 3.20. The average Bonchev–Trinajstić information content (AvgIpc) is 2.94. The standard InChI is InChI=1S/C14H11Cl3N2S/c15-9-5-2-1-4-8(9)11-12(16)18-14(19-13(11)17)10-6-3-7-20-10/h1-2,4-5,10H,3,6-7H2. The van der Waals surface area contributed by atoms with Crippen molar-refractivity contribution in [1.29, 1.82) is 0 Å². The van der Waals surface area contributed by atoms with Gasteiger partial charge < -0.3 is 0 Å². The summed E-state index contributed by atoms with van der Waals surface area (Å²) in [4.78, 5) is 8.85. The Morgan fingerprint density at radius 1 is 1.05 bits per heavy atom. The van der Waals surface area contributed by atoms with E-state index in [0.29, 0.717) is 26.1 Å². The van der Waals surface area contributed by atoms with Crippen LogP contribution < -0.4 is 0 Å². The van der Waals surface area contributed by atoms with Gasteiger partial charge in [-0.3, -0.25) is 0 Å². The molecule has 1 aromatic carbocycles. The largest absolute Gasteiger partial charge is 0.219 e. The van der Waals surface area contributed by atoms with Gasteiger partial charge in [0.05, 0.1) is 10.8 Å². The first-order chi connectivity index (χ1) is 9.66. The van der Waals surface area contributed by atoms with Crippen LogP contribution in [0.2, 0.25) is 15.3 Å². The van der Waals surface area contributed by atoms with E-state index in [9.17, 15) is 0 Å². The summed E-state index contributed by atoms with van der Waals surface area (Å²) < 4.78 is 0. The van der Waals surface area contributed by atoms with Crippen molar-refractivity contribution in [3.63, 3.8) is 0 Å². The molecular formula is C14H11Cl3N2S. The fraction of sp³-hybridized carbons (Fsp3) is 0.286. The van der Waals surface area contributed by atoms with E-state index in [1.54, 1.807) is 6.07 Å². The van der Waals surface area contributed by atoms with E-state index in [1.165, 1.54) is 6.42 Å². The fourth-order valence-electron chi connectivity index (χ4n) is 2.23. The number of benzene rings is 1. The highest BCUT2D eigenvalue weighted by atomic mass is 35.5. The van der Waals surface area contributed by atoms with Crippen LogP contribution in [0, 0.1) is 0 Å². The third kappa shape index (κ3) is 2.77. The monoisotopic (exact) mass is 344 g/mol. The maximum atomic E-state index is 6.32. The van der Waals surface area contributed by atoms with Crippen LogP contribution in [0.25, 0.3) is 11.1 Å². The summed E-state index contributed by atoms with van der Waals surface area (Å²) >= 11 is 20.7. The number of hydrogen-bond donors (Lipinski definition) is 0. The summed E-state index contributed by atoms with van der Waals surface area (Å²) in [6.45, 7) is 0. The molecule has 20 heavy (non-hydrogen) atoms. The molecule has 3 rings (SSSR count). The van der Waals surface area contributed by atoms with Crippen LogP contribution in [-0.2, 0) is 0 Å². The first-order valence-electron chi connectivity index (χ1n) is 6.26. The van der Waals surface area contributed by atoms with Crippen molar-refractivity contribution in [3.05, 3.63) is 45.4 Å². The molecule has 0 N–H and O–H groups in total. The van der Waals surface area contributed by atoms with E-state index in [2.05, 4.69) is 9.97 Å². The Hall–Kier alpha value is -0.480. The highest BCUT2D eigenvalue weighted by Gasteiger charge is 2.24. The van der Waals surface area contributed by atoms with E-state index in [0.717, 1.165) is 23.6 Å². The van der Waals surface area contributed by atoms with Gasteiger partial charge in [0.25, 0.3) is 0 Å². The van der Waals surface area contributed by atoms with Crippen LogP contribution >= 0.6 is 46.6 Å². The molecule has 0 radical (unpaired) electrons. The zero-order chi connectivity index (χ0) is 14.1. The van der Waals surface area contributed by atoms with Gasteiger partial charge in [0.15, 0.2) is 0 Å². The first-order valence-corrected chi connectivity index (χ1v) is 8.44. The summed E-state index contributed by atoms with van der Waals surface area (Å²) in [6, 6.07) is 7.40. The second kappa shape index (κ2) is 6.10. The lowest BCUT2D eigenvalue weighted by Gasteiger charge is -2.12. The van der Waals surface area contributed by atoms with Gasteiger partial charge in [0.1, 0.15) is 16.1 Å². The Morgan fingerprint density at radius 3 is 2.35 bits per heavy atom. The number of thioether (sulfide) groups is 1. The van der Waals surface area contributed by atoms with Crippen LogP contribution in [0.4, 0.5) is 0 Å². The molecule has 1 unspecified atom stereocenters. The first kappa shape index (κ1) is 14.5. The molecule has 6 heteroatoms. The minimum atomic E-state index is 0.297. The average molecular weight is 346 g/mol. The van der Waals surface area contributed by atoms with Crippen molar-refractivity contribution < 1.29 is 0 Å². The lowest BCUT2D eigenvalue weighted by Crippen LogP contribution is -2.01. The molecule has 2 aromatic rings. The molecule has 104 valence electrons. The quantitative estimate of drug-likeness (QED) is 0.656.